The largest absolute Gasteiger partial charge is 0.492 e. The van der Waals surface area contributed by atoms with Gasteiger partial charge in [0.2, 0.25) is 0 Å². The first-order chi connectivity index (χ1) is 9.69. The lowest BCUT2D eigenvalue weighted by Gasteiger charge is -2.12. The fourth-order valence-corrected chi connectivity index (χ4v) is 2.67. The van der Waals surface area contributed by atoms with Crippen LogP contribution in [0, 0.1) is 0 Å². The molecule has 0 saturated heterocycles. The lowest BCUT2D eigenvalue weighted by Crippen LogP contribution is -2.00. The third-order valence-corrected chi connectivity index (χ3v) is 4.24. The molecule has 0 N–H and O–H groups in total. The van der Waals surface area contributed by atoms with Crippen LogP contribution in [0.3, 0.4) is 0 Å². The van der Waals surface area contributed by atoms with Gasteiger partial charge < -0.3 is 9.47 Å². The Labute approximate surface area is 139 Å². The maximum atomic E-state index is 5.79. The molecule has 0 radical (unpaired) electrons. The highest BCUT2D eigenvalue weighted by Crippen LogP contribution is 2.36. The molecule has 4 heteroatoms. The van der Waals surface area contributed by atoms with Crippen molar-refractivity contribution in [1.29, 1.82) is 0 Å². The maximum absolute atomic E-state index is 5.79. The van der Waals surface area contributed by atoms with E-state index < -0.39 is 0 Å². The summed E-state index contributed by atoms with van der Waals surface area (Å²) < 4.78 is 13.5. The number of benzene rings is 1. The molecule has 0 aliphatic heterocycles. The van der Waals surface area contributed by atoms with Crippen LogP contribution in [-0.4, -0.2) is 13.2 Å². The summed E-state index contributed by atoms with van der Waals surface area (Å²) in [6, 6.07) is 3.95. The number of hydrogen-bond acceptors (Lipinski definition) is 2. The standard InChI is InChI=1S/C16H24Br2O2/c1-3-5-7-9-19-15-11-14(18)16(12-13(15)17)20-10-8-6-4-2/h11-12H,3-10H2,1-2H3. The van der Waals surface area contributed by atoms with Crippen LogP contribution in [0.2, 0.25) is 0 Å². The molecule has 1 aromatic rings. The molecular weight excluding hydrogens is 384 g/mol. The summed E-state index contributed by atoms with van der Waals surface area (Å²) in [5.74, 6) is 1.74. The average molecular weight is 408 g/mol. The fraction of sp³-hybridized carbons (Fsp3) is 0.625. The number of ether oxygens (including phenoxy) is 2. The number of unbranched alkanes of at least 4 members (excludes halogenated alkanes) is 4. The molecule has 1 aromatic carbocycles. The van der Waals surface area contributed by atoms with Gasteiger partial charge in [0.15, 0.2) is 0 Å². The van der Waals surface area contributed by atoms with Crippen molar-refractivity contribution < 1.29 is 9.47 Å². The fourth-order valence-electron chi connectivity index (χ4n) is 1.80. The molecule has 0 aromatic heterocycles. The lowest BCUT2D eigenvalue weighted by molar-refractivity contribution is 0.295. The van der Waals surface area contributed by atoms with Crippen molar-refractivity contribution in [3.8, 4) is 11.5 Å². The molecule has 0 bridgehead atoms. The van der Waals surface area contributed by atoms with E-state index in [-0.39, 0.29) is 0 Å². The van der Waals surface area contributed by atoms with Crippen LogP contribution in [0.5, 0.6) is 11.5 Å². The summed E-state index contributed by atoms with van der Waals surface area (Å²) in [4.78, 5) is 0. The van der Waals surface area contributed by atoms with Crippen molar-refractivity contribution in [2.24, 2.45) is 0 Å². The third-order valence-electron chi connectivity index (χ3n) is 3.00. The molecule has 20 heavy (non-hydrogen) atoms. The molecule has 0 aliphatic rings. The minimum atomic E-state index is 0.760. The number of rotatable bonds is 10. The highest BCUT2D eigenvalue weighted by Gasteiger charge is 2.09. The van der Waals surface area contributed by atoms with Gasteiger partial charge in [-0.25, -0.2) is 0 Å². The molecule has 0 atom stereocenters. The number of halogens is 2. The third kappa shape index (κ3) is 6.49. The van der Waals surface area contributed by atoms with Crippen molar-refractivity contribution in [2.45, 2.75) is 52.4 Å². The van der Waals surface area contributed by atoms with Gasteiger partial charge in [-0.15, -0.1) is 0 Å². The number of hydrogen-bond donors (Lipinski definition) is 0. The minimum Gasteiger partial charge on any atom is -0.492 e. The Kier molecular flexibility index (Phi) is 9.36. The molecule has 0 amide bonds. The molecule has 0 saturated carbocycles. The van der Waals surface area contributed by atoms with Crippen molar-refractivity contribution in [3.05, 3.63) is 21.1 Å². The van der Waals surface area contributed by atoms with E-state index in [1.54, 1.807) is 0 Å². The topological polar surface area (TPSA) is 18.5 Å². The van der Waals surface area contributed by atoms with Crippen LogP contribution in [0.15, 0.2) is 21.1 Å². The van der Waals surface area contributed by atoms with Crippen LogP contribution in [0.1, 0.15) is 52.4 Å². The maximum Gasteiger partial charge on any atom is 0.134 e. The molecule has 0 spiro atoms. The van der Waals surface area contributed by atoms with Gasteiger partial charge in [0.1, 0.15) is 11.5 Å². The van der Waals surface area contributed by atoms with E-state index in [4.69, 9.17) is 9.47 Å². The van der Waals surface area contributed by atoms with E-state index >= 15 is 0 Å². The van der Waals surface area contributed by atoms with Crippen LogP contribution < -0.4 is 9.47 Å². The Morgan fingerprint density at radius 3 is 1.50 bits per heavy atom. The first-order valence-electron chi connectivity index (χ1n) is 7.43. The van der Waals surface area contributed by atoms with Gasteiger partial charge in [0, 0.05) is 0 Å². The van der Waals surface area contributed by atoms with Crippen molar-refractivity contribution >= 4 is 31.9 Å². The second kappa shape index (κ2) is 10.5. The zero-order chi connectivity index (χ0) is 14.8. The summed E-state index contributed by atoms with van der Waals surface area (Å²) in [5.41, 5.74) is 0. The predicted octanol–water partition coefficient (Wildman–Crippen LogP) is 6.35. The molecule has 0 heterocycles. The summed E-state index contributed by atoms with van der Waals surface area (Å²) in [6.45, 7) is 5.90. The van der Waals surface area contributed by atoms with Crippen LogP contribution in [0.25, 0.3) is 0 Å². The van der Waals surface area contributed by atoms with E-state index in [2.05, 4.69) is 45.7 Å². The minimum absolute atomic E-state index is 0.760. The van der Waals surface area contributed by atoms with Crippen molar-refractivity contribution in [3.63, 3.8) is 0 Å². The smallest absolute Gasteiger partial charge is 0.134 e. The van der Waals surface area contributed by atoms with E-state index in [1.807, 2.05) is 12.1 Å². The van der Waals surface area contributed by atoms with Crippen LogP contribution >= 0.6 is 31.9 Å². The predicted molar refractivity (Wildman–Crippen MR) is 91.9 cm³/mol. The monoisotopic (exact) mass is 406 g/mol. The highest BCUT2D eigenvalue weighted by atomic mass is 79.9. The Morgan fingerprint density at radius 1 is 0.750 bits per heavy atom. The lowest BCUT2D eigenvalue weighted by atomic mass is 10.2. The van der Waals surface area contributed by atoms with Gasteiger partial charge in [-0.05, 0) is 56.8 Å². The summed E-state index contributed by atoms with van der Waals surface area (Å²) in [7, 11) is 0. The van der Waals surface area contributed by atoms with E-state index in [0.29, 0.717) is 0 Å². The van der Waals surface area contributed by atoms with Gasteiger partial charge in [-0.2, -0.15) is 0 Å². The Bertz CT molecular complexity index is 357. The molecule has 114 valence electrons. The zero-order valence-electron chi connectivity index (χ0n) is 12.4. The van der Waals surface area contributed by atoms with Crippen molar-refractivity contribution in [2.75, 3.05) is 13.2 Å². The van der Waals surface area contributed by atoms with E-state index in [0.717, 1.165) is 46.5 Å². The quantitative estimate of drug-likeness (QED) is 0.420. The van der Waals surface area contributed by atoms with Crippen LogP contribution in [0.4, 0.5) is 0 Å². The van der Waals surface area contributed by atoms with Gasteiger partial charge >= 0.3 is 0 Å². The molecule has 0 fully saturated rings. The normalized spacial score (nSPS) is 10.6. The van der Waals surface area contributed by atoms with Gasteiger partial charge in [0.05, 0.1) is 22.2 Å². The van der Waals surface area contributed by atoms with Crippen molar-refractivity contribution in [1.82, 2.24) is 0 Å². The second-order valence-corrected chi connectivity index (χ2v) is 6.53. The summed E-state index contributed by atoms with van der Waals surface area (Å²) in [6.07, 6.45) is 7.01. The van der Waals surface area contributed by atoms with Gasteiger partial charge in [-0.3, -0.25) is 0 Å². The molecule has 1 rings (SSSR count). The summed E-state index contributed by atoms with van der Waals surface area (Å²) in [5, 5.41) is 0. The van der Waals surface area contributed by atoms with E-state index in [9.17, 15) is 0 Å². The van der Waals surface area contributed by atoms with Gasteiger partial charge in [0.25, 0.3) is 0 Å². The SMILES string of the molecule is CCCCCOc1cc(Br)c(OCCCCC)cc1Br. The van der Waals surface area contributed by atoms with Gasteiger partial charge in [-0.1, -0.05) is 39.5 Å². The Hall–Kier alpha value is -0.220. The molecular formula is C16H24Br2O2. The first kappa shape index (κ1) is 17.8. The molecule has 0 aliphatic carbocycles. The van der Waals surface area contributed by atoms with Crippen LogP contribution in [-0.2, 0) is 0 Å². The Morgan fingerprint density at radius 2 is 1.15 bits per heavy atom. The molecule has 0 unspecified atom stereocenters. The summed E-state index contributed by atoms with van der Waals surface area (Å²) >= 11 is 7.09. The van der Waals surface area contributed by atoms with E-state index in [1.165, 1.54) is 25.7 Å². The highest BCUT2D eigenvalue weighted by molar-refractivity contribution is 9.11. The Balaban J connectivity index is 2.52. The first-order valence-corrected chi connectivity index (χ1v) is 9.02. The molecule has 2 nitrogen and oxygen atoms in total. The second-order valence-electron chi connectivity index (χ2n) is 4.82. The average Bonchev–Trinajstić information content (AvgIpc) is 2.44. The zero-order valence-corrected chi connectivity index (χ0v) is 15.6.